The molecule has 0 amide bonds. The third kappa shape index (κ3) is 2.01. The van der Waals surface area contributed by atoms with Crippen LogP contribution in [-0.2, 0) is 6.42 Å². The topological polar surface area (TPSA) is 41.6 Å². The predicted molar refractivity (Wildman–Crippen MR) is 64.2 cm³/mol. The van der Waals surface area contributed by atoms with E-state index in [0.29, 0.717) is 12.5 Å². The maximum absolute atomic E-state index is 13.1. The fourth-order valence-corrected chi connectivity index (χ4v) is 1.90. The SMILES string of the molecule is CCCN=C(N)N1CCc2ccc(F)cc21. The van der Waals surface area contributed by atoms with E-state index in [1.807, 2.05) is 17.9 Å². The zero-order chi connectivity index (χ0) is 11.5. The highest BCUT2D eigenvalue weighted by Crippen LogP contribution is 2.28. The lowest BCUT2D eigenvalue weighted by atomic mass is 10.2. The normalized spacial score (nSPS) is 15.4. The van der Waals surface area contributed by atoms with Crippen molar-refractivity contribution in [3.63, 3.8) is 0 Å². The Morgan fingerprint density at radius 3 is 3.12 bits per heavy atom. The van der Waals surface area contributed by atoms with Crippen LogP contribution in [0.2, 0.25) is 0 Å². The van der Waals surface area contributed by atoms with E-state index in [2.05, 4.69) is 4.99 Å². The smallest absolute Gasteiger partial charge is 0.195 e. The lowest BCUT2D eigenvalue weighted by Gasteiger charge is -2.18. The van der Waals surface area contributed by atoms with Crippen molar-refractivity contribution in [2.24, 2.45) is 10.7 Å². The van der Waals surface area contributed by atoms with E-state index >= 15 is 0 Å². The summed E-state index contributed by atoms with van der Waals surface area (Å²) in [5, 5.41) is 0. The maximum atomic E-state index is 13.1. The summed E-state index contributed by atoms with van der Waals surface area (Å²) in [6.45, 7) is 3.55. The van der Waals surface area contributed by atoms with Gasteiger partial charge in [-0.25, -0.2) is 4.39 Å². The molecule has 0 saturated heterocycles. The average molecular weight is 221 g/mol. The second-order valence-electron chi connectivity index (χ2n) is 3.91. The van der Waals surface area contributed by atoms with Gasteiger partial charge in [-0.3, -0.25) is 4.99 Å². The Kier molecular flexibility index (Phi) is 3.08. The minimum atomic E-state index is -0.228. The van der Waals surface area contributed by atoms with Crippen molar-refractivity contribution in [1.82, 2.24) is 0 Å². The van der Waals surface area contributed by atoms with E-state index in [-0.39, 0.29) is 5.82 Å². The summed E-state index contributed by atoms with van der Waals surface area (Å²) in [7, 11) is 0. The predicted octanol–water partition coefficient (Wildman–Crippen LogP) is 1.91. The van der Waals surface area contributed by atoms with E-state index in [0.717, 1.165) is 30.6 Å². The number of nitrogens with zero attached hydrogens (tertiary/aromatic N) is 2. The second-order valence-corrected chi connectivity index (χ2v) is 3.91. The summed E-state index contributed by atoms with van der Waals surface area (Å²) < 4.78 is 13.1. The molecule has 1 aromatic carbocycles. The lowest BCUT2D eigenvalue weighted by Crippen LogP contribution is -2.36. The number of guanidine groups is 1. The van der Waals surface area contributed by atoms with Crippen LogP contribution in [0.3, 0.4) is 0 Å². The number of benzene rings is 1. The molecule has 16 heavy (non-hydrogen) atoms. The average Bonchev–Trinajstić information content (AvgIpc) is 2.68. The first-order chi connectivity index (χ1) is 7.72. The maximum Gasteiger partial charge on any atom is 0.195 e. The number of rotatable bonds is 2. The first-order valence-corrected chi connectivity index (χ1v) is 5.58. The molecule has 0 unspecified atom stereocenters. The van der Waals surface area contributed by atoms with Crippen LogP contribution < -0.4 is 10.6 Å². The van der Waals surface area contributed by atoms with Gasteiger partial charge in [0.25, 0.3) is 0 Å². The molecule has 3 nitrogen and oxygen atoms in total. The highest BCUT2D eigenvalue weighted by atomic mass is 19.1. The summed E-state index contributed by atoms with van der Waals surface area (Å²) in [5.41, 5.74) is 7.88. The Morgan fingerprint density at radius 1 is 1.56 bits per heavy atom. The Bertz CT molecular complexity index is 415. The van der Waals surface area contributed by atoms with Gasteiger partial charge in [-0.05, 0) is 30.5 Å². The number of nitrogens with two attached hydrogens (primary N) is 1. The minimum Gasteiger partial charge on any atom is -0.370 e. The summed E-state index contributed by atoms with van der Waals surface area (Å²) in [4.78, 5) is 6.13. The number of aliphatic imine (C=N–C) groups is 1. The fourth-order valence-electron chi connectivity index (χ4n) is 1.90. The van der Waals surface area contributed by atoms with Crippen molar-refractivity contribution >= 4 is 11.6 Å². The van der Waals surface area contributed by atoms with Gasteiger partial charge in [0.15, 0.2) is 5.96 Å². The van der Waals surface area contributed by atoms with Gasteiger partial charge in [0.2, 0.25) is 0 Å². The molecule has 0 aromatic heterocycles. The molecule has 1 aromatic rings. The Balaban J connectivity index is 2.25. The van der Waals surface area contributed by atoms with E-state index in [1.165, 1.54) is 12.1 Å². The van der Waals surface area contributed by atoms with Crippen LogP contribution in [0.5, 0.6) is 0 Å². The van der Waals surface area contributed by atoms with E-state index in [4.69, 9.17) is 5.73 Å². The first kappa shape index (κ1) is 10.9. The molecule has 2 N–H and O–H groups in total. The first-order valence-electron chi connectivity index (χ1n) is 5.58. The van der Waals surface area contributed by atoms with Gasteiger partial charge in [0.05, 0.1) is 0 Å². The Morgan fingerprint density at radius 2 is 2.38 bits per heavy atom. The molecule has 0 bridgehead atoms. The zero-order valence-electron chi connectivity index (χ0n) is 9.41. The summed E-state index contributed by atoms with van der Waals surface area (Å²) in [6.07, 6.45) is 1.86. The molecule has 4 heteroatoms. The van der Waals surface area contributed by atoms with Crippen molar-refractivity contribution in [2.45, 2.75) is 19.8 Å². The van der Waals surface area contributed by atoms with Gasteiger partial charge < -0.3 is 10.6 Å². The third-order valence-electron chi connectivity index (χ3n) is 2.72. The number of hydrogen-bond donors (Lipinski definition) is 1. The second kappa shape index (κ2) is 4.51. The van der Waals surface area contributed by atoms with Crippen LogP contribution >= 0.6 is 0 Å². The van der Waals surface area contributed by atoms with Gasteiger partial charge in [-0.2, -0.15) is 0 Å². The molecule has 0 atom stereocenters. The molecule has 86 valence electrons. The molecule has 0 fully saturated rings. The number of hydrogen-bond acceptors (Lipinski definition) is 1. The Hall–Kier alpha value is -1.58. The third-order valence-corrected chi connectivity index (χ3v) is 2.72. The molecule has 0 radical (unpaired) electrons. The van der Waals surface area contributed by atoms with Crippen molar-refractivity contribution in [3.8, 4) is 0 Å². The molecular formula is C12H16FN3. The molecule has 1 aliphatic heterocycles. The Labute approximate surface area is 94.8 Å². The van der Waals surface area contributed by atoms with Crippen molar-refractivity contribution in [2.75, 3.05) is 18.0 Å². The molecule has 1 heterocycles. The lowest BCUT2D eigenvalue weighted by molar-refractivity contribution is 0.628. The van der Waals surface area contributed by atoms with Crippen LogP contribution in [0, 0.1) is 5.82 Å². The van der Waals surface area contributed by atoms with Crippen molar-refractivity contribution < 1.29 is 4.39 Å². The van der Waals surface area contributed by atoms with Gasteiger partial charge >= 0.3 is 0 Å². The molecule has 2 rings (SSSR count). The quantitative estimate of drug-likeness (QED) is 0.612. The van der Waals surface area contributed by atoms with E-state index in [1.54, 1.807) is 0 Å². The monoisotopic (exact) mass is 221 g/mol. The van der Waals surface area contributed by atoms with Crippen LogP contribution in [0.4, 0.5) is 10.1 Å². The molecule has 1 aliphatic rings. The molecule has 0 saturated carbocycles. The zero-order valence-corrected chi connectivity index (χ0v) is 9.41. The largest absolute Gasteiger partial charge is 0.370 e. The van der Waals surface area contributed by atoms with Gasteiger partial charge in [-0.15, -0.1) is 0 Å². The van der Waals surface area contributed by atoms with Crippen LogP contribution in [0.15, 0.2) is 23.2 Å². The fraction of sp³-hybridized carbons (Fsp3) is 0.417. The summed E-state index contributed by atoms with van der Waals surface area (Å²) in [5.74, 6) is 0.264. The van der Waals surface area contributed by atoms with Gasteiger partial charge in [-0.1, -0.05) is 13.0 Å². The standard InChI is InChI=1S/C12H16FN3/c1-2-6-15-12(14)16-7-5-9-3-4-10(13)8-11(9)16/h3-4,8H,2,5-7H2,1H3,(H2,14,15). The molecule has 0 aliphatic carbocycles. The van der Waals surface area contributed by atoms with Crippen LogP contribution in [0.25, 0.3) is 0 Å². The van der Waals surface area contributed by atoms with Crippen molar-refractivity contribution in [3.05, 3.63) is 29.6 Å². The number of halogens is 1. The highest BCUT2D eigenvalue weighted by molar-refractivity contribution is 5.96. The molecule has 0 spiro atoms. The van der Waals surface area contributed by atoms with Crippen LogP contribution in [0.1, 0.15) is 18.9 Å². The number of anilines is 1. The molecular weight excluding hydrogens is 205 g/mol. The van der Waals surface area contributed by atoms with E-state index in [9.17, 15) is 4.39 Å². The van der Waals surface area contributed by atoms with Crippen LogP contribution in [-0.4, -0.2) is 19.0 Å². The summed E-state index contributed by atoms with van der Waals surface area (Å²) >= 11 is 0. The van der Waals surface area contributed by atoms with Crippen molar-refractivity contribution in [1.29, 1.82) is 0 Å². The van der Waals surface area contributed by atoms with E-state index < -0.39 is 0 Å². The van der Waals surface area contributed by atoms with Gasteiger partial charge in [0.1, 0.15) is 5.82 Å². The van der Waals surface area contributed by atoms with Gasteiger partial charge in [0, 0.05) is 18.8 Å². The minimum absolute atomic E-state index is 0.228. The summed E-state index contributed by atoms with van der Waals surface area (Å²) in [6, 6.07) is 4.83. The number of fused-ring (bicyclic) bond motifs is 1. The highest BCUT2D eigenvalue weighted by Gasteiger charge is 2.21.